The highest BCUT2D eigenvalue weighted by molar-refractivity contribution is 5.98. The van der Waals surface area contributed by atoms with Gasteiger partial charge in [-0.3, -0.25) is 14.9 Å². The van der Waals surface area contributed by atoms with E-state index in [2.05, 4.69) is 5.32 Å². The van der Waals surface area contributed by atoms with Crippen LogP contribution in [0.25, 0.3) is 0 Å². The van der Waals surface area contributed by atoms with E-state index in [0.29, 0.717) is 19.6 Å². The van der Waals surface area contributed by atoms with Crippen LogP contribution in [0.15, 0.2) is 18.2 Å². The first-order valence-corrected chi connectivity index (χ1v) is 5.95. The Kier molecular flexibility index (Phi) is 5.41. The molecule has 0 aliphatic carbocycles. The standard InChI is InChI=1S/C12H14FN3O3.ClH/c1-8-7-15(5-4-14-8)12(17)10-3-2-9(13)6-11(10)16(18)19;/h2-3,6,8,14H,4-5,7H2,1H3;1H/t8-;/m1./s1. The zero-order chi connectivity index (χ0) is 14.0. The maximum atomic E-state index is 13.0. The highest BCUT2D eigenvalue weighted by Crippen LogP contribution is 2.22. The number of nitrogens with zero attached hydrogens (tertiary/aromatic N) is 2. The van der Waals surface area contributed by atoms with E-state index >= 15 is 0 Å². The van der Waals surface area contributed by atoms with Crippen LogP contribution >= 0.6 is 12.4 Å². The second kappa shape index (κ2) is 6.62. The summed E-state index contributed by atoms with van der Waals surface area (Å²) in [7, 11) is 0. The van der Waals surface area contributed by atoms with Crippen LogP contribution in [-0.4, -0.2) is 41.4 Å². The lowest BCUT2D eigenvalue weighted by molar-refractivity contribution is -0.385. The molecule has 110 valence electrons. The molecule has 0 bridgehead atoms. The third kappa shape index (κ3) is 3.43. The maximum Gasteiger partial charge on any atom is 0.285 e. The van der Waals surface area contributed by atoms with Crippen molar-refractivity contribution in [2.24, 2.45) is 0 Å². The van der Waals surface area contributed by atoms with E-state index in [4.69, 9.17) is 0 Å². The molecule has 0 spiro atoms. The number of piperazine rings is 1. The molecule has 0 aromatic heterocycles. The Morgan fingerprint density at radius 2 is 2.25 bits per heavy atom. The second-order valence-electron chi connectivity index (χ2n) is 4.52. The van der Waals surface area contributed by atoms with Crippen molar-refractivity contribution < 1.29 is 14.1 Å². The molecule has 6 nitrogen and oxygen atoms in total. The van der Waals surface area contributed by atoms with Crippen molar-refractivity contribution >= 4 is 24.0 Å². The van der Waals surface area contributed by atoms with E-state index in [1.54, 1.807) is 4.90 Å². The van der Waals surface area contributed by atoms with Gasteiger partial charge in [0.15, 0.2) is 0 Å². The molecule has 1 saturated heterocycles. The summed E-state index contributed by atoms with van der Waals surface area (Å²) in [6.07, 6.45) is 0. The van der Waals surface area contributed by atoms with Crippen LogP contribution in [0.1, 0.15) is 17.3 Å². The number of carbonyl (C=O) groups is 1. The predicted octanol–water partition coefficient (Wildman–Crippen LogP) is 1.59. The topological polar surface area (TPSA) is 75.5 Å². The Morgan fingerprint density at radius 3 is 2.85 bits per heavy atom. The van der Waals surface area contributed by atoms with Crippen LogP contribution in [0.4, 0.5) is 10.1 Å². The van der Waals surface area contributed by atoms with Crippen molar-refractivity contribution in [3.8, 4) is 0 Å². The lowest BCUT2D eigenvalue weighted by Crippen LogP contribution is -2.51. The summed E-state index contributed by atoms with van der Waals surface area (Å²) in [6, 6.07) is 3.14. The van der Waals surface area contributed by atoms with Crippen LogP contribution in [0.2, 0.25) is 0 Å². The molecule has 1 aromatic rings. The largest absolute Gasteiger partial charge is 0.336 e. The number of hydrogen-bond acceptors (Lipinski definition) is 4. The summed E-state index contributed by atoms with van der Waals surface area (Å²) in [4.78, 5) is 23.9. The van der Waals surface area contributed by atoms with Crippen molar-refractivity contribution in [2.75, 3.05) is 19.6 Å². The van der Waals surface area contributed by atoms with Gasteiger partial charge in [0.25, 0.3) is 11.6 Å². The Balaban J connectivity index is 0.00000200. The van der Waals surface area contributed by atoms with E-state index in [1.165, 1.54) is 6.07 Å². The van der Waals surface area contributed by atoms with Gasteiger partial charge in [0.2, 0.25) is 0 Å². The van der Waals surface area contributed by atoms with Gasteiger partial charge in [0.1, 0.15) is 11.4 Å². The van der Waals surface area contributed by atoms with Crippen molar-refractivity contribution in [3.63, 3.8) is 0 Å². The quantitative estimate of drug-likeness (QED) is 0.665. The Morgan fingerprint density at radius 1 is 1.55 bits per heavy atom. The average Bonchev–Trinajstić information content (AvgIpc) is 2.37. The molecule has 2 rings (SSSR count). The molecule has 1 fully saturated rings. The lowest BCUT2D eigenvalue weighted by atomic mass is 10.1. The molecule has 1 N–H and O–H groups in total. The molecule has 1 heterocycles. The number of halogens is 2. The number of carbonyl (C=O) groups excluding carboxylic acids is 1. The first-order valence-electron chi connectivity index (χ1n) is 5.95. The van der Waals surface area contributed by atoms with Gasteiger partial charge in [-0.15, -0.1) is 12.4 Å². The van der Waals surface area contributed by atoms with Gasteiger partial charge in [-0.1, -0.05) is 0 Å². The normalized spacial score (nSPS) is 18.3. The van der Waals surface area contributed by atoms with Crippen LogP contribution in [0.5, 0.6) is 0 Å². The van der Waals surface area contributed by atoms with E-state index in [0.717, 1.165) is 12.1 Å². The van der Waals surface area contributed by atoms with Crippen LogP contribution in [-0.2, 0) is 0 Å². The molecule has 0 radical (unpaired) electrons. The molecule has 1 atom stereocenters. The Labute approximate surface area is 121 Å². The lowest BCUT2D eigenvalue weighted by Gasteiger charge is -2.31. The van der Waals surface area contributed by atoms with Gasteiger partial charge in [0, 0.05) is 25.7 Å². The summed E-state index contributed by atoms with van der Waals surface area (Å²) >= 11 is 0. The summed E-state index contributed by atoms with van der Waals surface area (Å²) in [5, 5.41) is 14.1. The SMILES string of the molecule is C[C@@H]1CN(C(=O)c2ccc(F)cc2[N+](=O)[O-])CCN1.Cl. The van der Waals surface area contributed by atoms with Crippen LogP contribution in [0, 0.1) is 15.9 Å². The third-order valence-electron chi connectivity index (χ3n) is 3.04. The van der Waals surface area contributed by atoms with Gasteiger partial charge in [-0.05, 0) is 19.1 Å². The summed E-state index contributed by atoms with van der Waals surface area (Å²) < 4.78 is 13.0. The van der Waals surface area contributed by atoms with Crippen molar-refractivity contribution in [2.45, 2.75) is 13.0 Å². The molecular formula is C12H15ClFN3O3. The average molecular weight is 304 g/mol. The molecule has 1 aliphatic rings. The maximum absolute atomic E-state index is 13.0. The number of amides is 1. The fourth-order valence-corrected chi connectivity index (χ4v) is 2.12. The molecule has 1 aliphatic heterocycles. The first kappa shape index (κ1) is 16.3. The molecular weight excluding hydrogens is 289 g/mol. The molecule has 0 unspecified atom stereocenters. The van der Waals surface area contributed by atoms with Gasteiger partial charge in [-0.25, -0.2) is 4.39 Å². The number of nitro benzene ring substituents is 1. The predicted molar refractivity (Wildman–Crippen MR) is 73.7 cm³/mol. The smallest absolute Gasteiger partial charge is 0.285 e. The molecule has 8 heteroatoms. The van der Waals surface area contributed by atoms with Crippen molar-refractivity contribution in [3.05, 3.63) is 39.7 Å². The zero-order valence-electron chi connectivity index (χ0n) is 10.8. The number of nitro groups is 1. The minimum Gasteiger partial charge on any atom is -0.336 e. The number of hydrogen-bond donors (Lipinski definition) is 1. The summed E-state index contributed by atoms with van der Waals surface area (Å²) in [6.45, 7) is 3.53. The van der Waals surface area contributed by atoms with Crippen molar-refractivity contribution in [1.29, 1.82) is 0 Å². The van der Waals surface area contributed by atoms with Gasteiger partial charge in [0.05, 0.1) is 11.0 Å². The highest BCUT2D eigenvalue weighted by Gasteiger charge is 2.27. The number of benzene rings is 1. The van der Waals surface area contributed by atoms with E-state index < -0.39 is 22.3 Å². The van der Waals surface area contributed by atoms with E-state index in [1.807, 2.05) is 6.92 Å². The number of nitrogens with one attached hydrogen (secondary N) is 1. The van der Waals surface area contributed by atoms with E-state index in [9.17, 15) is 19.3 Å². The summed E-state index contributed by atoms with van der Waals surface area (Å²) in [5.74, 6) is -1.16. The molecule has 1 aromatic carbocycles. The van der Waals surface area contributed by atoms with Gasteiger partial charge >= 0.3 is 0 Å². The first-order chi connectivity index (χ1) is 8.99. The van der Waals surface area contributed by atoms with Gasteiger partial charge in [-0.2, -0.15) is 0 Å². The second-order valence-corrected chi connectivity index (χ2v) is 4.52. The van der Waals surface area contributed by atoms with Crippen LogP contribution < -0.4 is 5.32 Å². The minimum atomic E-state index is -0.734. The highest BCUT2D eigenvalue weighted by atomic mass is 35.5. The Hall–Kier alpha value is -1.73. The Bertz CT molecular complexity index is 527. The van der Waals surface area contributed by atoms with Crippen LogP contribution in [0.3, 0.4) is 0 Å². The number of rotatable bonds is 2. The van der Waals surface area contributed by atoms with Gasteiger partial charge < -0.3 is 10.2 Å². The third-order valence-corrected chi connectivity index (χ3v) is 3.04. The fraction of sp³-hybridized carbons (Fsp3) is 0.417. The molecule has 0 saturated carbocycles. The monoisotopic (exact) mass is 303 g/mol. The molecule has 1 amide bonds. The molecule has 20 heavy (non-hydrogen) atoms. The van der Waals surface area contributed by atoms with Crippen molar-refractivity contribution in [1.82, 2.24) is 10.2 Å². The minimum absolute atomic E-state index is 0. The zero-order valence-corrected chi connectivity index (χ0v) is 11.7. The van der Waals surface area contributed by atoms with E-state index in [-0.39, 0.29) is 24.0 Å². The fourth-order valence-electron chi connectivity index (χ4n) is 2.12. The summed E-state index contributed by atoms with van der Waals surface area (Å²) in [5.41, 5.74) is -0.559.